The van der Waals surface area contributed by atoms with E-state index in [1.807, 2.05) is 0 Å². The molecule has 12 heteroatoms. The Morgan fingerprint density at radius 2 is 1.61 bits per heavy atom. The first-order valence-corrected chi connectivity index (χ1v) is 7.63. The molecule has 2 saturated heterocycles. The summed E-state index contributed by atoms with van der Waals surface area (Å²) in [5.74, 6) is -7.10. The number of aliphatic hydroxyl groups is 2. The van der Waals surface area contributed by atoms with Gasteiger partial charge >= 0.3 is 11.9 Å². The molecule has 0 aromatic heterocycles. The molecule has 0 aromatic rings. The molecule has 2 aliphatic heterocycles. The number of aliphatic hydroxyl groups excluding tert-OH is 2. The Balaban J connectivity index is 2.38. The lowest BCUT2D eigenvalue weighted by molar-refractivity contribution is -0.166. The molecule has 0 aromatic carbocycles. The fraction of sp³-hybridized carbons (Fsp3) is 0.375. The number of imide groups is 1. The van der Waals surface area contributed by atoms with Gasteiger partial charge in [0, 0.05) is 0 Å². The Bertz CT molecular complexity index is 810. The number of carbonyl (C=O) groups is 4. The molecule has 0 saturated carbocycles. The van der Waals surface area contributed by atoms with E-state index in [0.29, 0.717) is 10.0 Å². The summed E-state index contributed by atoms with van der Waals surface area (Å²) in [6, 6.07) is 1.51. The van der Waals surface area contributed by atoms with Gasteiger partial charge in [-0.25, -0.2) is 14.6 Å². The van der Waals surface area contributed by atoms with E-state index in [-0.39, 0.29) is 0 Å². The van der Waals surface area contributed by atoms with Gasteiger partial charge in [0.2, 0.25) is 0 Å². The number of hydrazine groups is 1. The standard InChI is InChI=1S/C16H14N4O8/c1-18-10(16(26)28-3)5-9-13(23)19-11(21)8(12(22)20(19)14(9)24)4-7(6-17)15(25)27-2/h4-5,8-9,11,13,21,23H,2-3H3/b7-4+,10-5-. The first-order valence-electron chi connectivity index (χ1n) is 7.63. The van der Waals surface area contributed by atoms with E-state index in [0.717, 1.165) is 26.4 Å². The summed E-state index contributed by atoms with van der Waals surface area (Å²) < 4.78 is 8.77. The number of ether oxygens (including phenoxy) is 2. The van der Waals surface area contributed by atoms with Crippen molar-refractivity contribution in [2.75, 3.05) is 14.2 Å². The highest BCUT2D eigenvalue weighted by atomic mass is 16.5. The highest BCUT2D eigenvalue weighted by Crippen LogP contribution is 2.37. The summed E-state index contributed by atoms with van der Waals surface area (Å²) >= 11 is 0. The van der Waals surface area contributed by atoms with Crippen LogP contribution in [0.3, 0.4) is 0 Å². The summed E-state index contributed by atoms with van der Waals surface area (Å²) in [6.07, 6.45) is -1.90. The van der Waals surface area contributed by atoms with Crippen LogP contribution in [-0.4, -0.2) is 70.7 Å². The van der Waals surface area contributed by atoms with Crippen molar-refractivity contribution < 1.29 is 38.9 Å². The molecule has 146 valence electrons. The first kappa shape index (κ1) is 20.7. The van der Waals surface area contributed by atoms with Crippen LogP contribution in [-0.2, 0) is 28.7 Å². The number of amides is 2. The lowest BCUT2D eigenvalue weighted by Gasteiger charge is -2.23. The van der Waals surface area contributed by atoms with Crippen LogP contribution in [0.2, 0.25) is 0 Å². The number of hydrogen-bond acceptors (Lipinski definition) is 10. The number of fused-ring (bicyclic) bond motifs is 1. The summed E-state index contributed by atoms with van der Waals surface area (Å²) in [7, 11) is 2.04. The van der Waals surface area contributed by atoms with Crippen molar-refractivity contribution in [1.82, 2.24) is 10.0 Å². The van der Waals surface area contributed by atoms with Gasteiger partial charge in [0.15, 0.2) is 0 Å². The second-order valence-corrected chi connectivity index (χ2v) is 5.59. The van der Waals surface area contributed by atoms with Crippen LogP contribution in [0.1, 0.15) is 0 Å². The average molecular weight is 390 g/mol. The second kappa shape index (κ2) is 7.98. The van der Waals surface area contributed by atoms with Crippen molar-refractivity contribution in [3.05, 3.63) is 34.8 Å². The lowest BCUT2D eigenvalue weighted by atomic mass is 10.0. The molecule has 0 spiro atoms. The van der Waals surface area contributed by atoms with E-state index >= 15 is 0 Å². The Labute approximate surface area is 158 Å². The highest BCUT2D eigenvalue weighted by Gasteiger charge is 2.59. The predicted octanol–water partition coefficient (Wildman–Crippen LogP) is -1.95. The summed E-state index contributed by atoms with van der Waals surface area (Å²) in [5, 5.41) is 30.8. The monoisotopic (exact) mass is 390 g/mol. The molecular weight excluding hydrogens is 376 g/mol. The number of hydrogen-bond donors (Lipinski definition) is 2. The van der Waals surface area contributed by atoms with E-state index in [4.69, 9.17) is 11.8 Å². The molecule has 2 fully saturated rings. The summed E-state index contributed by atoms with van der Waals surface area (Å²) in [6.45, 7) is 6.95. The predicted molar refractivity (Wildman–Crippen MR) is 85.1 cm³/mol. The Morgan fingerprint density at radius 1 is 1.11 bits per heavy atom. The molecule has 0 aliphatic carbocycles. The Morgan fingerprint density at radius 3 is 2.00 bits per heavy atom. The average Bonchev–Trinajstić information content (AvgIpc) is 3.09. The van der Waals surface area contributed by atoms with Crippen molar-refractivity contribution in [3.63, 3.8) is 0 Å². The SMILES string of the molecule is [C-]#[N+]/C(=C\C1C(=O)N2C(=O)C(/C=C(\C#N)C(=O)OC)C(O)N2C1O)C(=O)OC. The highest BCUT2D eigenvalue weighted by molar-refractivity contribution is 6.03. The fourth-order valence-corrected chi connectivity index (χ4v) is 2.78. The van der Waals surface area contributed by atoms with Crippen LogP contribution in [0, 0.1) is 29.7 Å². The quantitative estimate of drug-likeness (QED) is 0.181. The molecule has 2 rings (SSSR count). The smallest absolute Gasteiger partial charge is 0.348 e. The third kappa shape index (κ3) is 3.23. The Hall–Kier alpha value is -3.58. The van der Waals surface area contributed by atoms with Crippen LogP contribution in [0.4, 0.5) is 0 Å². The minimum atomic E-state index is -1.78. The van der Waals surface area contributed by atoms with Crippen molar-refractivity contribution in [2.45, 2.75) is 12.5 Å². The van der Waals surface area contributed by atoms with Crippen LogP contribution in [0.5, 0.6) is 0 Å². The summed E-state index contributed by atoms with van der Waals surface area (Å²) in [5.41, 5.74) is -1.15. The largest absolute Gasteiger partial charge is 0.474 e. The number of nitriles is 1. The van der Waals surface area contributed by atoms with Gasteiger partial charge < -0.3 is 19.7 Å². The second-order valence-electron chi connectivity index (χ2n) is 5.59. The van der Waals surface area contributed by atoms with Crippen molar-refractivity contribution in [3.8, 4) is 6.07 Å². The zero-order valence-electron chi connectivity index (χ0n) is 14.6. The molecule has 2 aliphatic rings. The van der Waals surface area contributed by atoms with E-state index in [1.54, 1.807) is 0 Å². The van der Waals surface area contributed by atoms with E-state index < -0.39 is 59.3 Å². The third-order valence-electron chi connectivity index (χ3n) is 4.13. The maximum Gasteiger partial charge on any atom is 0.348 e. The molecular formula is C16H14N4O8. The van der Waals surface area contributed by atoms with E-state index in [1.165, 1.54) is 6.07 Å². The molecule has 0 radical (unpaired) electrons. The number of carbonyl (C=O) groups excluding carboxylic acids is 4. The van der Waals surface area contributed by atoms with Crippen LogP contribution in [0.15, 0.2) is 23.4 Å². The maximum absolute atomic E-state index is 12.5. The van der Waals surface area contributed by atoms with Gasteiger partial charge in [0.25, 0.3) is 17.5 Å². The Kier molecular flexibility index (Phi) is 5.90. The molecule has 2 heterocycles. The number of nitrogens with zero attached hydrogens (tertiary/aromatic N) is 4. The molecule has 2 N–H and O–H groups in total. The van der Waals surface area contributed by atoms with Gasteiger partial charge in [0.05, 0.1) is 26.7 Å². The number of esters is 2. The van der Waals surface area contributed by atoms with Gasteiger partial charge in [-0.05, 0) is 6.08 Å². The zero-order chi connectivity index (χ0) is 21.2. The van der Waals surface area contributed by atoms with Gasteiger partial charge in [-0.3, -0.25) is 14.4 Å². The number of rotatable bonds is 4. The third-order valence-corrected chi connectivity index (χ3v) is 4.13. The summed E-state index contributed by atoms with van der Waals surface area (Å²) in [4.78, 5) is 50.9. The topological polar surface area (TPSA) is 162 Å². The van der Waals surface area contributed by atoms with Gasteiger partial charge in [-0.2, -0.15) is 10.3 Å². The number of methoxy groups -OCH3 is 2. The fourth-order valence-electron chi connectivity index (χ4n) is 2.78. The van der Waals surface area contributed by atoms with E-state index in [2.05, 4.69) is 14.3 Å². The van der Waals surface area contributed by atoms with Crippen LogP contribution < -0.4 is 0 Å². The minimum absolute atomic E-state index is 0.447. The normalized spacial score (nSPS) is 27.9. The van der Waals surface area contributed by atoms with Gasteiger partial charge in [-0.15, -0.1) is 0 Å². The van der Waals surface area contributed by atoms with Gasteiger partial charge in [0.1, 0.15) is 30.0 Å². The van der Waals surface area contributed by atoms with Crippen molar-refractivity contribution >= 4 is 23.8 Å². The lowest BCUT2D eigenvalue weighted by Crippen LogP contribution is -2.43. The molecule has 28 heavy (non-hydrogen) atoms. The van der Waals surface area contributed by atoms with Crippen molar-refractivity contribution in [2.24, 2.45) is 11.8 Å². The first-order chi connectivity index (χ1) is 13.2. The maximum atomic E-state index is 12.5. The molecule has 4 atom stereocenters. The van der Waals surface area contributed by atoms with E-state index in [9.17, 15) is 29.4 Å². The minimum Gasteiger partial charge on any atom is -0.474 e. The molecule has 0 bridgehead atoms. The van der Waals surface area contributed by atoms with Crippen LogP contribution >= 0.6 is 0 Å². The molecule has 12 nitrogen and oxygen atoms in total. The zero-order valence-corrected chi connectivity index (χ0v) is 14.6. The molecule has 4 unspecified atom stereocenters. The molecule has 2 amide bonds. The van der Waals surface area contributed by atoms with Crippen molar-refractivity contribution in [1.29, 1.82) is 5.26 Å². The van der Waals surface area contributed by atoms with Gasteiger partial charge in [-0.1, -0.05) is 6.08 Å². The van der Waals surface area contributed by atoms with Crippen LogP contribution in [0.25, 0.3) is 4.85 Å².